The normalized spacial score (nSPS) is 14.0. The van der Waals surface area contributed by atoms with Crippen LogP contribution in [-0.2, 0) is 21.7 Å². The average Bonchev–Trinajstić information content (AvgIpc) is 1.61. The van der Waals surface area contributed by atoms with Crippen LogP contribution >= 0.6 is 0 Å². The Morgan fingerprint density at radius 2 is 0.485 bits per heavy atom. The zero-order valence-corrected chi connectivity index (χ0v) is 58.1. The van der Waals surface area contributed by atoms with E-state index in [0.717, 1.165) is 45.5 Å². The third-order valence-electron chi connectivity index (χ3n) is 21.1. The Hall–Kier alpha value is -11.5. The summed E-state index contributed by atoms with van der Waals surface area (Å²) in [5.41, 5.74) is 35.1. The molecule has 4 N–H and O–H groups in total. The van der Waals surface area contributed by atoms with Gasteiger partial charge in [-0.3, -0.25) is 0 Å². The van der Waals surface area contributed by atoms with Crippen molar-refractivity contribution in [2.75, 3.05) is 21.3 Å². The highest BCUT2D eigenvalue weighted by atomic mass is 14.9. The number of hydrogen-bond acceptors (Lipinski definition) is 4. The van der Waals surface area contributed by atoms with Crippen molar-refractivity contribution in [3.63, 3.8) is 0 Å². The van der Waals surface area contributed by atoms with Gasteiger partial charge in [0.2, 0.25) is 0 Å². The first-order valence-electron chi connectivity index (χ1n) is 34.8. The van der Waals surface area contributed by atoms with Crippen molar-refractivity contribution in [3.8, 4) is 55.6 Å². The molecule has 0 fully saturated rings. The maximum absolute atomic E-state index is 3.64. The van der Waals surface area contributed by atoms with Gasteiger partial charge in [-0.1, -0.05) is 291 Å². The minimum absolute atomic E-state index is 0.0286. The molecule has 0 bridgehead atoms. The summed E-state index contributed by atoms with van der Waals surface area (Å²) in [5.74, 6) is 0. The third-order valence-corrected chi connectivity index (χ3v) is 21.1. The Kier molecular flexibility index (Phi) is 16.6. The molecule has 484 valence electrons. The topological polar surface area (TPSA) is 48.1 Å². The summed E-state index contributed by atoms with van der Waals surface area (Å²) in [5, 5.41) is 16.7. The van der Waals surface area contributed by atoms with E-state index in [-0.39, 0.29) is 21.7 Å². The van der Waals surface area contributed by atoms with Crippen LogP contribution in [0.1, 0.15) is 105 Å². The zero-order chi connectivity index (χ0) is 68.0. The van der Waals surface area contributed by atoms with Gasteiger partial charge in [-0.15, -0.1) is 0 Å². The Bertz CT molecular complexity index is 5300. The van der Waals surface area contributed by atoms with Crippen molar-refractivity contribution in [3.05, 3.63) is 372 Å². The standard InChI is InChI=1S/C27H23N.C25H21N.C22H21N.C21H19N/c1-27(2)25-11-7-6-10-23(25)24-17-16-22(18-26(24)27)28-21-14-12-20(13-15-21)19-8-4-3-5-9-19;1-25(2)22-12-6-5-11-20(22)21-15-14-18(16-23(21)25)26-24-13-7-9-17-8-3-4-10-19(17)24;1-15-8-10-16(11-9-15)23-17-12-13-19-18-6-4-5-7-20(18)22(2,3)21(19)14-17;1-21(2)19-11-7-6-10-17(19)18-13-12-16(14-20(18)21)22-15-8-4-3-5-9-15/h3-18,28H,1-2H3;3-16,26H,1-2H3;4-14,23H,1-3H3;3-14,22H,1-2H3. The molecule has 0 aliphatic heterocycles. The molecule has 4 heteroatoms. The van der Waals surface area contributed by atoms with Gasteiger partial charge in [0.15, 0.2) is 0 Å². The highest BCUT2D eigenvalue weighted by Gasteiger charge is 2.39. The second kappa shape index (κ2) is 25.8. The van der Waals surface area contributed by atoms with Crippen molar-refractivity contribution in [2.24, 2.45) is 0 Å². The van der Waals surface area contributed by atoms with Crippen molar-refractivity contribution in [2.45, 2.75) is 84.0 Å². The van der Waals surface area contributed by atoms with E-state index in [1.54, 1.807) is 0 Å². The SMILES string of the molecule is CC1(C)c2ccccc2-c2ccc(Nc3ccc(-c4ccccc4)cc3)cc21.CC1(C)c2ccccc2-c2ccc(Nc3cccc4ccccc34)cc21.CC1(C)c2ccccc2-c2ccc(Nc3ccccc3)cc21.Cc1ccc(Nc2ccc3c(c2)C(C)(C)c2ccccc2-3)cc1. The predicted molar refractivity (Wildman–Crippen MR) is 423 cm³/mol. The fourth-order valence-corrected chi connectivity index (χ4v) is 15.7. The maximum atomic E-state index is 3.64. The molecule has 0 aromatic heterocycles. The minimum atomic E-state index is 0.0286. The first kappa shape index (κ1) is 63.6. The van der Waals surface area contributed by atoms with Crippen LogP contribution in [0.4, 0.5) is 45.5 Å². The minimum Gasteiger partial charge on any atom is -0.356 e. The Morgan fingerprint density at radius 1 is 0.202 bits per heavy atom. The number of benzene rings is 14. The van der Waals surface area contributed by atoms with Gasteiger partial charge in [0, 0.05) is 72.5 Å². The predicted octanol–water partition coefficient (Wildman–Crippen LogP) is 26.1. The van der Waals surface area contributed by atoms with E-state index in [1.165, 1.54) is 116 Å². The summed E-state index contributed by atoms with van der Waals surface area (Å²) in [6.45, 7) is 20.6. The quantitative estimate of drug-likeness (QED) is 0.116. The molecule has 4 aliphatic rings. The molecule has 14 aromatic rings. The largest absolute Gasteiger partial charge is 0.356 e. The second-order valence-corrected chi connectivity index (χ2v) is 28.9. The van der Waals surface area contributed by atoms with Gasteiger partial charge in [-0.25, -0.2) is 0 Å². The van der Waals surface area contributed by atoms with Gasteiger partial charge < -0.3 is 21.3 Å². The average molecular weight is 1280 g/mol. The lowest BCUT2D eigenvalue weighted by atomic mass is 9.82. The van der Waals surface area contributed by atoms with Crippen molar-refractivity contribution >= 4 is 56.3 Å². The fourth-order valence-electron chi connectivity index (χ4n) is 15.7. The van der Waals surface area contributed by atoms with Crippen LogP contribution < -0.4 is 21.3 Å². The Labute approximate surface area is 585 Å². The molecule has 0 amide bonds. The molecular formula is C95H84N4. The number of aryl methyl sites for hydroxylation is 1. The van der Waals surface area contributed by atoms with Gasteiger partial charge in [0.1, 0.15) is 0 Å². The molecule has 18 rings (SSSR count). The number of hydrogen-bond donors (Lipinski definition) is 4. The first-order chi connectivity index (χ1) is 48.0. The van der Waals surface area contributed by atoms with Crippen LogP contribution in [0.2, 0.25) is 0 Å². The second-order valence-electron chi connectivity index (χ2n) is 28.9. The van der Waals surface area contributed by atoms with Gasteiger partial charge in [0.05, 0.1) is 0 Å². The van der Waals surface area contributed by atoms with Gasteiger partial charge in [-0.2, -0.15) is 0 Å². The van der Waals surface area contributed by atoms with Crippen LogP contribution in [0, 0.1) is 6.92 Å². The van der Waals surface area contributed by atoms with Crippen LogP contribution in [0.5, 0.6) is 0 Å². The van der Waals surface area contributed by atoms with E-state index in [4.69, 9.17) is 0 Å². The lowest BCUT2D eigenvalue weighted by Gasteiger charge is -2.22. The van der Waals surface area contributed by atoms with E-state index >= 15 is 0 Å². The number of anilines is 8. The van der Waals surface area contributed by atoms with Crippen molar-refractivity contribution < 1.29 is 0 Å². The molecule has 0 heterocycles. The van der Waals surface area contributed by atoms with E-state index in [1.807, 2.05) is 12.1 Å². The molecule has 0 saturated carbocycles. The van der Waals surface area contributed by atoms with Gasteiger partial charge in [0.25, 0.3) is 0 Å². The number of rotatable bonds is 9. The first-order valence-corrected chi connectivity index (χ1v) is 34.8. The molecule has 0 spiro atoms. The summed E-state index contributed by atoms with van der Waals surface area (Å²) >= 11 is 0. The third kappa shape index (κ3) is 12.2. The monoisotopic (exact) mass is 1280 g/mol. The molecule has 99 heavy (non-hydrogen) atoms. The summed E-state index contributed by atoms with van der Waals surface area (Å²) in [7, 11) is 0. The molecule has 4 nitrogen and oxygen atoms in total. The number of nitrogens with one attached hydrogen (secondary N) is 4. The maximum Gasteiger partial charge on any atom is 0.0463 e. The summed E-state index contributed by atoms with van der Waals surface area (Å²) < 4.78 is 0. The highest BCUT2D eigenvalue weighted by molar-refractivity contribution is 5.96. The smallest absolute Gasteiger partial charge is 0.0463 e. The highest BCUT2D eigenvalue weighted by Crippen LogP contribution is 2.53. The van der Waals surface area contributed by atoms with Gasteiger partial charge in [-0.05, 0) is 203 Å². The lowest BCUT2D eigenvalue weighted by molar-refractivity contribution is 0.660. The summed E-state index contributed by atoms with van der Waals surface area (Å²) in [6, 6.07) is 115. The van der Waals surface area contributed by atoms with E-state index in [9.17, 15) is 0 Å². The van der Waals surface area contributed by atoms with Crippen molar-refractivity contribution in [1.29, 1.82) is 0 Å². The van der Waals surface area contributed by atoms with Crippen LogP contribution in [-0.4, -0.2) is 0 Å². The zero-order valence-electron chi connectivity index (χ0n) is 58.1. The van der Waals surface area contributed by atoms with E-state index in [0.29, 0.717) is 0 Å². The van der Waals surface area contributed by atoms with Gasteiger partial charge >= 0.3 is 0 Å². The van der Waals surface area contributed by atoms with E-state index in [2.05, 4.69) is 393 Å². The summed E-state index contributed by atoms with van der Waals surface area (Å²) in [6.07, 6.45) is 0. The molecule has 0 unspecified atom stereocenters. The van der Waals surface area contributed by atoms with Crippen LogP contribution in [0.15, 0.2) is 322 Å². The summed E-state index contributed by atoms with van der Waals surface area (Å²) in [4.78, 5) is 0. The molecule has 0 saturated heterocycles. The Morgan fingerprint density at radius 3 is 0.889 bits per heavy atom. The fraction of sp³-hybridized carbons (Fsp3) is 0.137. The van der Waals surface area contributed by atoms with Crippen molar-refractivity contribution in [1.82, 2.24) is 0 Å². The molecule has 4 aliphatic carbocycles. The Balaban J connectivity index is 0.000000108. The lowest BCUT2D eigenvalue weighted by Crippen LogP contribution is -2.15. The molecular weight excluding hydrogens is 1200 g/mol. The molecule has 14 aromatic carbocycles. The molecule has 0 radical (unpaired) electrons. The number of fused-ring (bicyclic) bond motifs is 13. The van der Waals surface area contributed by atoms with Crippen LogP contribution in [0.3, 0.4) is 0 Å². The number of para-hydroxylation sites is 1. The van der Waals surface area contributed by atoms with Crippen LogP contribution in [0.25, 0.3) is 66.4 Å². The molecule has 0 atom stereocenters. The van der Waals surface area contributed by atoms with E-state index < -0.39 is 0 Å².